The Hall–Kier alpha value is -0.650. The van der Waals surface area contributed by atoms with Crippen LogP contribution in [0.3, 0.4) is 0 Å². The molecule has 0 fully saturated rings. The minimum absolute atomic E-state index is 0.366. The fourth-order valence-corrected chi connectivity index (χ4v) is 3.71. The van der Waals surface area contributed by atoms with Crippen LogP contribution in [0.15, 0.2) is 0 Å². The Morgan fingerprint density at radius 3 is 3.00 bits per heavy atom. The van der Waals surface area contributed by atoms with Crippen molar-refractivity contribution in [2.75, 3.05) is 25.2 Å². The number of anilines is 1. The molecule has 0 radical (unpaired) electrons. The summed E-state index contributed by atoms with van der Waals surface area (Å²) in [6.07, 6.45) is 3.68. The van der Waals surface area contributed by atoms with Crippen LogP contribution in [0.4, 0.5) is 5.13 Å². The van der Waals surface area contributed by atoms with E-state index in [4.69, 9.17) is 9.72 Å². The highest BCUT2D eigenvalue weighted by Gasteiger charge is 2.25. The summed E-state index contributed by atoms with van der Waals surface area (Å²) < 4.78 is 5.20. The van der Waals surface area contributed by atoms with Gasteiger partial charge in [0.05, 0.1) is 18.4 Å². The van der Waals surface area contributed by atoms with Crippen molar-refractivity contribution in [2.24, 2.45) is 0 Å². The van der Waals surface area contributed by atoms with E-state index < -0.39 is 0 Å². The Morgan fingerprint density at radius 2 is 2.37 bits per heavy atom. The molecule has 0 aliphatic heterocycles. The van der Waals surface area contributed by atoms with Crippen molar-refractivity contribution in [3.63, 3.8) is 0 Å². The number of hydrogen-bond acceptors (Lipinski definition) is 5. The number of aliphatic hydroxyl groups excluding tert-OH is 1. The van der Waals surface area contributed by atoms with Gasteiger partial charge in [-0.2, -0.15) is 0 Å². The molecule has 0 amide bonds. The third-order valence-electron chi connectivity index (χ3n) is 3.82. The summed E-state index contributed by atoms with van der Waals surface area (Å²) in [6.45, 7) is 5.96. The van der Waals surface area contributed by atoms with Crippen molar-refractivity contribution in [2.45, 2.75) is 51.7 Å². The molecule has 5 heteroatoms. The van der Waals surface area contributed by atoms with E-state index in [1.165, 1.54) is 4.88 Å². The van der Waals surface area contributed by atoms with E-state index in [1.807, 2.05) is 0 Å². The number of methoxy groups -OCH3 is 1. The maximum Gasteiger partial charge on any atom is 0.186 e. The lowest BCUT2D eigenvalue weighted by Crippen LogP contribution is -2.35. The number of fused-ring (bicyclic) bond motifs is 1. The van der Waals surface area contributed by atoms with Gasteiger partial charge in [0.25, 0.3) is 0 Å². The molecule has 1 aliphatic rings. The molecule has 1 heterocycles. The molecule has 0 spiro atoms. The number of nitrogens with zero attached hydrogens (tertiary/aromatic N) is 2. The van der Waals surface area contributed by atoms with E-state index in [2.05, 4.69) is 18.7 Å². The summed E-state index contributed by atoms with van der Waals surface area (Å²) in [5.74, 6) is 0. The Morgan fingerprint density at radius 1 is 1.58 bits per heavy atom. The first-order valence-electron chi connectivity index (χ1n) is 7.10. The molecule has 1 N–H and O–H groups in total. The van der Waals surface area contributed by atoms with Crippen molar-refractivity contribution in [1.29, 1.82) is 0 Å². The monoisotopic (exact) mass is 284 g/mol. The Kier molecular flexibility index (Phi) is 5.19. The summed E-state index contributed by atoms with van der Waals surface area (Å²) in [5.41, 5.74) is 0.914. The van der Waals surface area contributed by atoms with Gasteiger partial charge in [-0.1, -0.05) is 6.92 Å². The second-order valence-corrected chi connectivity index (χ2v) is 6.22. The molecule has 0 aromatic carbocycles. The van der Waals surface area contributed by atoms with Gasteiger partial charge < -0.3 is 14.7 Å². The van der Waals surface area contributed by atoms with Gasteiger partial charge >= 0.3 is 0 Å². The van der Waals surface area contributed by atoms with Crippen molar-refractivity contribution in [3.8, 4) is 0 Å². The van der Waals surface area contributed by atoms with Gasteiger partial charge in [-0.15, -0.1) is 11.3 Å². The largest absolute Gasteiger partial charge is 0.387 e. The molecule has 19 heavy (non-hydrogen) atoms. The van der Waals surface area contributed by atoms with Crippen LogP contribution in [0.2, 0.25) is 0 Å². The molecule has 108 valence electrons. The van der Waals surface area contributed by atoms with Crippen molar-refractivity contribution < 1.29 is 9.84 Å². The van der Waals surface area contributed by atoms with Gasteiger partial charge in [-0.05, 0) is 32.6 Å². The lowest BCUT2D eigenvalue weighted by molar-refractivity contribution is 0.153. The number of rotatable bonds is 6. The maximum atomic E-state index is 10.0. The molecular weight excluding hydrogens is 260 g/mol. The van der Waals surface area contributed by atoms with Crippen LogP contribution < -0.4 is 4.90 Å². The van der Waals surface area contributed by atoms with Gasteiger partial charge in [0.1, 0.15) is 0 Å². The minimum atomic E-state index is -0.366. The molecule has 1 aromatic heterocycles. The predicted molar refractivity (Wildman–Crippen MR) is 79.0 cm³/mol. The molecule has 1 aliphatic carbocycles. The van der Waals surface area contributed by atoms with E-state index in [9.17, 15) is 5.11 Å². The van der Waals surface area contributed by atoms with Crippen LogP contribution in [-0.2, 0) is 11.2 Å². The summed E-state index contributed by atoms with van der Waals surface area (Å²) in [4.78, 5) is 8.26. The van der Waals surface area contributed by atoms with Gasteiger partial charge in [0.15, 0.2) is 5.13 Å². The second kappa shape index (κ2) is 6.68. The smallest absolute Gasteiger partial charge is 0.186 e. The third-order valence-corrected chi connectivity index (χ3v) is 4.99. The molecule has 1 aromatic rings. The topological polar surface area (TPSA) is 45.6 Å². The molecule has 2 rings (SSSR count). The van der Waals surface area contributed by atoms with E-state index in [1.54, 1.807) is 18.4 Å². The molecule has 4 nitrogen and oxygen atoms in total. The van der Waals surface area contributed by atoms with Crippen molar-refractivity contribution in [1.82, 2.24) is 4.98 Å². The molecule has 0 saturated heterocycles. The molecule has 2 unspecified atom stereocenters. The summed E-state index contributed by atoms with van der Waals surface area (Å²) >= 11 is 1.74. The van der Waals surface area contributed by atoms with Crippen LogP contribution in [-0.4, -0.2) is 36.4 Å². The number of aliphatic hydroxyl groups is 1. The van der Waals surface area contributed by atoms with Crippen LogP contribution in [0.25, 0.3) is 0 Å². The summed E-state index contributed by atoms with van der Waals surface area (Å²) in [5, 5.41) is 11.1. The number of aromatic nitrogens is 1. The first-order chi connectivity index (χ1) is 9.17. The average molecular weight is 284 g/mol. The molecular formula is C14H24N2O2S. The zero-order chi connectivity index (χ0) is 13.8. The summed E-state index contributed by atoms with van der Waals surface area (Å²) in [7, 11) is 1.73. The van der Waals surface area contributed by atoms with Gasteiger partial charge in [0.2, 0.25) is 0 Å². The zero-order valence-electron chi connectivity index (χ0n) is 12.1. The second-order valence-electron chi connectivity index (χ2n) is 5.16. The standard InChI is InChI=1S/C14H24N2O2S/c1-4-10(2)16(8-9-18-3)14-15-13-11(17)6-5-7-12(13)19-14/h10-11,17H,4-9H2,1-3H3. The van der Waals surface area contributed by atoms with Gasteiger partial charge in [0, 0.05) is 24.6 Å². The SMILES string of the molecule is CCC(C)N(CCOC)c1nc2c(s1)CCCC2O. The first kappa shape index (κ1) is 14.8. The number of ether oxygens (including phenoxy) is 1. The van der Waals surface area contributed by atoms with Crippen LogP contribution in [0.1, 0.15) is 49.8 Å². The van der Waals surface area contributed by atoms with Crippen LogP contribution in [0, 0.1) is 0 Å². The Labute approximate surface area is 119 Å². The molecule has 0 saturated carbocycles. The lowest BCUT2D eigenvalue weighted by Gasteiger charge is -2.27. The van der Waals surface area contributed by atoms with Crippen molar-refractivity contribution in [3.05, 3.63) is 10.6 Å². The fourth-order valence-electron chi connectivity index (χ4n) is 2.42. The predicted octanol–water partition coefficient (Wildman–Crippen LogP) is 2.76. The van der Waals surface area contributed by atoms with Gasteiger partial charge in [-0.25, -0.2) is 4.98 Å². The Bertz CT molecular complexity index is 408. The van der Waals surface area contributed by atoms with E-state index >= 15 is 0 Å². The number of hydrogen-bond donors (Lipinski definition) is 1. The number of aryl methyl sites for hydroxylation is 1. The number of thiazole rings is 1. The quantitative estimate of drug-likeness (QED) is 0.872. The minimum Gasteiger partial charge on any atom is -0.387 e. The highest BCUT2D eigenvalue weighted by atomic mass is 32.1. The highest BCUT2D eigenvalue weighted by molar-refractivity contribution is 7.15. The highest BCUT2D eigenvalue weighted by Crippen LogP contribution is 2.37. The lowest BCUT2D eigenvalue weighted by atomic mass is 10.0. The zero-order valence-corrected chi connectivity index (χ0v) is 12.9. The fraction of sp³-hybridized carbons (Fsp3) is 0.786. The van der Waals surface area contributed by atoms with Crippen LogP contribution >= 0.6 is 11.3 Å². The first-order valence-corrected chi connectivity index (χ1v) is 7.92. The normalized spacial score (nSPS) is 20.1. The molecule has 2 atom stereocenters. The Balaban J connectivity index is 2.21. The summed E-state index contributed by atoms with van der Waals surface area (Å²) in [6, 6.07) is 0.444. The third kappa shape index (κ3) is 3.27. The van der Waals surface area contributed by atoms with E-state index in [0.29, 0.717) is 12.6 Å². The average Bonchev–Trinajstić information content (AvgIpc) is 2.84. The molecule has 0 bridgehead atoms. The van der Waals surface area contributed by atoms with Crippen LogP contribution in [0.5, 0.6) is 0 Å². The van der Waals surface area contributed by atoms with Gasteiger partial charge in [-0.3, -0.25) is 0 Å². The van der Waals surface area contributed by atoms with Crippen molar-refractivity contribution >= 4 is 16.5 Å². The maximum absolute atomic E-state index is 10.0. The van der Waals surface area contributed by atoms with E-state index in [0.717, 1.165) is 43.1 Å². The van der Waals surface area contributed by atoms with E-state index in [-0.39, 0.29) is 6.10 Å².